The fourth-order valence-electron chi connectivity index (χ4n) is 6.84. The number of aromatic amines is 2. The molecule has 94 heavy (non-hydrogen) atoms. The number of nitrogens with one attached hydrogen (secondary N) is 2. The summed E-state index contributed by atoms with van der Waals surface area (Å²) in [6.45, 7) is 55.1. The van der Waals surface area contributed by atoms with Gasteiger partial charge in [-0.1, -0.05) is 157 Å². The molecular formula is C71H114N16O2S5. The van der Waals surface area contributed by atoms with Crippen LogP contribution in [0.1, 0.15) is 298 Å². The first-order valence-corrected chi connectivity index (χ1v) is 36.7. The van der Waals surface area contributed by atoms with Crippen LogP contribution >= 0.6 is 56.7 Å². The molecule has 23 heteroatoms. The van der Waals surface area contributed by atoms with Gasteiger partial charge in [-0.15, -0.1) is 66.9 Å². The van der Waals surface area contributed by atoms with E-state index in [1.165, 1.54) is 57.9 Å². The minimum atomic E-state index is 0.339. The normalized spacial score (nSPS) is 10.5. The highest BCUT2D eigenvalue weighted by molar-refractivity contribution is 7.12. The molecule has 0 aliphatic carbocycles. The Kier molecular flexibility index (Phi) is 42.9. The first kappa shape index (κ1) is 85.4. The maximum Gasteiger partial charge on any atom is 0.219 e. The van der Waals surface area contributed by atoms with Gasteiger partial charge in [0.1, 0.15) is 6.26 Å². The lowest BCUT2D eigenvalue weighted by atomic mass is 10.1. The highest BCUT2D eigenvalue weighted by Gasteiger charge is 2.07. The molecule has 0 saturated heterocycles. The first-order chi connectivity index (χ1) is 44.2. The summed E-state index contributed by atoms with van der Waals surface area (Å²) in [7, 11) is 3.90. The molecule has 18 nitrogen and oxygen atoms in total. The van der Waals surface area contributed by atoms with E-state index >= 15 is 0 Å². The van der Waals surface area contributed by atoms with Crippen LogP contribution in [0.4, 0.5) is 0 Å². The van der Waals surface area contributed by atoms with Crippen LogP contribution in [0.2, 0.25) is 0 Å². The van der Waals surface area contributed by atoms with E-state index in [-0.39, 0.29) is 0 Å². The third-order valence-electron chi connectivity index (χ3n) is 12.9. The van der Waals surface area contributed by atoms with Crippen molar-refractivity contribution in [3.63, 3.8) is 0 Å². The van der Waals surface area contributed by atoms with Crippen molar-refractivity contribution in [3.05, 3.63) is 183 Å². The molecule has 2 N–H and O–H groups in total. The van der Waals surface area contributed by atoms with Gasteiger partial charge < -0.3 is 8.94 Å². The summed E-state index contributed by atoms with van der Waals surface area (Å²) in [5.74, 6) is 7.59. The number of nitrogens with zero attached hydrogens (tertiary/aromatic N) is 14. The van der Waals surface area contributed by atoms with Crippen LogP contribution in [0.25, 0.3) is 0 Å². The molecule has 0 atom stereocenters. The van der Waals surface area contributed by atoms with Gasteiger partial charge in [0.2, 0.25) is 11.8 Å². The van der Waals surface area contributed by atoms with Gasteiger partial charge in [-0.2, -0.15) is 20.4 Å². The van der Waals surface area contributed by atoms with E-state index < -0.39 is 0 Å². The van der Waals surface area contributed by atoms with E-state index in [9.17, 15) is 0 Å². The van der Waals surface area contributed by atoms with Crippen LogP contribution in [0.5, 0.6) is 0 Å². The zero-order valence-corrected chi connectivity index (χ0v) is 65.9. The summed E-state index contributed by atoms with van der Waals surface area (Å²) in [5.41, 5.74) is 12.3. The van der Waals surface area contributed by atoms with Crippen LogP contribution in [-0.2, 0) is 14.1 Å². The van der Waals surface area contributed by atoms with E-state index in [1.54, 1.807) is 82.3 Å². The molecule has 11 aromatic heterocycles. The van der Waals surface area contributed by atoms with E-state index in [1.807, 2.05) is 124 Å². The summed E-state index contributed by atoms with van der Waals surface area (Å²) in [6, 6.07) is 4.04. The Bertz CT molecular complexity index is 2970. The van der Waals surface area contributed by atoms with E-state index in [0.717, 1.165) is 11.3 Å². The van der Waals surface area contributed by atoms with Gasteiger partial charge in [-0.3, -0.25) is 24.5 Å². The third kappa shape index (κ3) is 37.4. The van der Waals surface area contributed by atoms with Crippen molar-refractivity contribution < 1.29 is 8.94 Å². The Hall–Kier alpha value is -6.66. The zero-order chi connectivity index (χ0) is 71.0. The van der Waals surface area contributed by atoms with Crippen LogP contribution in [0.15, 0.2) is 111 Å². The van der Waals surface area contributed by atoms with Crippen molar-refractivity contribution in [1.29, 1.82) is 0 Å². The van der Waals surface area contributed by atoms with Crippen LogP contribution in [0.3, 0.4) is 0 Å². The predicted molar refractivity (Wildman–Crippen MR) is 399 cm³/mol. The molecular weight excluding hydrogens is 1270 g/mol. The first-order valence-electron chi connectivity index (χ1n) is 32.4. The fourth-order valence-corrected chi connectivity index (χ4v) is 10.6. The molecule has 0 aliphatic rings. The lowest BCUT2D eigenvalue weighted by molar-refractivity contribution is 0.418. The van der Waals surface area contributed by atoms with Gasteiger partial charge in [-0.05, 0) is 91.4 Å². The molecule has 0 aliphatic heterocycles. The van der Waals surface area contributed by atoms with Crippen LogP contribution in [0, 0.1) is 27.7 Å². The standard InChI is InChI=1S/2C7H12N2.3C7H11NS.C6H10N2O.2C6H10N2.C6H9NO.2C6H9NS/c1-6(2)7-4-8-9(3)5-7;1-6(2)7-4-5-8-9(7)3;1-5(2)7-4-8-6(3)9-7;1-5(2)7-8-6(3)4-9-7;1-5(2)7-8-4-6(3)9-7;1-4(2)6-8-7-5(3)9-6;1-5(2)6-3-7-8-4-6;1-5(2)6-3-4-7-8-6;1-5(2)6-3-7-8-4-6;1-5(2)6-3-8-4-7-6;1-5(2)6-3-7-4-8-6/h2*4-6H,1-3H3;3*4-5H,1-3H3;4H,1-3H3;2*3-5H,1-2H3,(H,7,8);3*3-5H,1-2H3. The second-order valence-electron chi connectivity index (χ2n) is 25.4. The monoisotopic (exact) mass is 1380 g/mol. The summed E-state index contributed by atoms with van der Waals surface area (Å²) in [6.07, 6.45) is 20.6. The summed E-state index contributed by atoms with van der Waals surface area (Å²) >= 11 is 8.69. The van der Waals surface area contributed by atoms with Crippen LogP contribution < -0.4 is 0 Å². The molecule has 0 fully saturated rings. The zero-order valence-electron chi connectivity index (χ0n) is 61.8. The summed E-state index contributed by atoms with van der Waals surface area (Å²) in [4.78, 5) is 24.9. The second-order valence-corrected chi connectivity index (χ2v) is 30.5. The minimum absolute atomic E-state index is 0.339. The Labute approximate surface area is 584 Å². The number of aromatic nitrogens is 16. The van der Waals surface area contributed by atoms with Crippen molar-refractivity contribution in [3.8, 4) is 0 Å². The quantitative estimate of drug-likeness (QED) is 0.123. The molecule has 0 spiro atoms. The fraction of sp³-hybridized carbons (Fsp3) is 0.549. The predicted octanol–water partition coefficient (Wildman–Crippen LogP) is 21.7. The number of H-pyrrole nitrogens is 2. The molecule has 0 unspecified atom stereocenters. The molecule has 0 aromatic carbocycles. The Balaban J connectivity index is 0.000000517. The molecule has 11 rings (SSSR count). The maximum absolute atomic E-state index is 5.12. The maximum atomic E-state index is 5.12. The third-order valence-corrected chi connectivity index (χ3v) is 18.2. The van der Waals surface area contributed by atoms with E-state index in [0.29, 0.717) is 76.9 Å². The SMILES string of the molecule is CC(C)c1ccn[nH]1.CC(C)c1ccnn1C.CC(C)c1cn[nH]c1.CC(C)c1cncs1.CC(C)c1cnn(C)c1.CC(C)c1cnoc1.CC(C)c1cscn1.Cc1cnc(C(C)C)s1.Cc1csc(C(C)C)n1.Cc1ncc(C(C)C)s1.Cc1nnc(C(C)C)o1. The van der Waals surface area contributed by atoms with Crippen molar-refractivity contribution in [2.45, 2.75) is 245 Å². The molecule has 0 radical (unpaired) electrons. The van der Waals surface area contributed by atoms with Crippen molar-refractivity contribution >= 4 is 56.7 Å². The molecule has 11 heterocycles. The van der Waals surface area contributed by atoms with Crippen molar-refractivity contribution in [2.24, 2.45) is 14.1 Å². The molecule has 0 saturated carbocycles. The number of hydrogen-bond acceptors (Lipinski definition) is 19. The number of thiazole rings is 5. The number of rotatable bonds is 11. The minimum Gasteiger partial charge on any atom is -0.425 e. The molecule has 11 aromatic rings. The van der Waals surface area contributed by atoms with E-state index in [2.05, 4.69) is 232 Å². The Morgan fingerprint density at radius 3 is 1.40 bits per heavy atom. The van der Waals surface area contributed by atoms with Gasteiger partial charge in [0.15, 0.2) is 0 Å². The van der Waals surface area contributed by atoms with E-state index in [4.69, 9.17) is 4.42 Å². The van der Waals surface area contributed by atoms with Gasteiger partial charge in [0.25, 0.3) is 0 Å². The number of hydrogen-bond donors (Lipinski definition) is 2. The molecule has 520 valence electrons. The van der Waals surface area contributed by atoms with Crippen LogP contribution in [-0.4, -0.2) is 80.2 Å². The summed E-state index contributed by atoms with van der Waals surface area (Å²) in [5, 5.41) is 40.3. The smallest absolute Gasteiger partial charge is 0.219 e. The average Bonchev–Trinajstić information content (AvgIpc) is 3.59. The summed E-state index contributed by atoms with van der Waals surface area (Å²) < 4.78 is 13.5. The van der Waals surface area contributed by atoms with Gasteiger partial charge in [-0.25, -0.2) is 19.9 Å². The topological polar surface area (TPSA) is 222 Å². The lowest BCUT2D eigenvalue weighted by Gasteiger charge is -2.02. The second kappa shape index (κ2) is 47.3. The number of aryl methyl sites for hydroxylation is 6. The van der Waals surface area contributed by atoms with Gasteiger partial charge in [0.05, 0.1) is 50.3 Å². The largest absolute Gasteiger partial charge is 0.425 e. The average molecular weight is 1380 g/mol. The Morgan fingerprint density at radius 2 is 1.17 bits per heavy atom. The van der Waals surface area contributed by atoms with Crippen molar-refractivity contribution in [1.82, 2.24) is 80.2 Å². The molecule has 0 amide bonds. The van der Waals surface area contributed by atoms with Gasteiger partial charge in [0, 0.05) is 130 Å². The Morgan fingerprint density at radius 1 is 0.511 bits per heavy atom. The van der Waals surface area contributed by atoms with Gasteiger partial charge >= 0.3 is 0 Å². The highest BCUT2D eigenvalue weighted by Crippen LogP contribution is 2.23. The van der Waals surface area contributed by atoms with Crippen molar-refractivity contribution in [2.75, 3.05) is 0 Å². The highest BCUT2D eigenvalue weighted by atomic mass is 32.1. The molecule has 0 bridgehead atoms. The lowest BCUT2D eigenvalue weighted by Crippen LogP contribution is -1.98.